The van der Waals surface area contributed by atoms with E-state index in [-0.39, 0.29) is 11.9 Å². The van der Waals surface area contributed by atoms with Crippen LogP contribution < -0.4 is 4.90 Å². The lowest BCUT2D eigenvalue weighted by Gasteiger charge is -2.30. The van der Waals surface area contributed by atoms with Crippen LogP contribution in [0.2, 0.25) is 0 Å². The molecule has 1 aromatic rings. The summed E-state index contributed by atoms with van der Waals surface area (Å²) in [6, 6.07) is 8.53. The fourth-order valence-electron chi connectivity index (χ4n) is 3.19. The summed E-state index contributed by atoms with van der Waals surface area (Å²) in [4.78, 5) is 14.1. The van der Waals surface area contributed by atoms with Gasteiger partial charge in [-0.15, -0.1) is 0 Å². The molecular weight excluding hydrogens is 250 g/mol. The zero-order chi connectivity index (χ0) is 14.5. The molecule has 0 saturated heterocycles. The van der Waals surface area contributed by atoms with Crippen LogP contribution in [0.3, 0.4) is 0 Å². The maximum absolute atomic E-state index is 12.0. The lowest BCUT2D eigenvalue weighted by atomic mass is 9.77. The predicted octanol–water partition coefficient (Wildman–Crippen LogP) is 3.59. The van der Waals surface area contributed by atoms with E-state index in [9.17, 15) is 4.79 Å². The Kier molecular flexibility index (Phi) is 5.05. The SMILES string of the molecule is CCOC(=O)[C@@H]1CCC[C@@H](c2ccccc2N(C)C)C1. The number of esters is 1. The average Bonchev–Trinajstić information content (AvgIpc) is 2.47. The lowest BCUT2D eigenvalue weighted by molar-refractivity contribution is -0.149. The molecule has 1 aliphatic carbocycles. The van der Waals surface area contributed by atoms with Crippen LogP contribution in [-0.2, 0) is 9.53 Å². The van der Waals surface area contributed by atoms with Gasteiger partial charge in [-0.1, -0.05) is 24.6 Å². The summed E-state index contributed by atoms with van der Waals surface area (Å²) in [5, 5.41) is 0. The van der Waals surface area contributed by atoms with E-state index in [0.29, 0.717) is 12.5 Å². The number of benzene rings is 1. The number of carbonyl (C=O) groups is 1. The minimum Gasteiger partial charge on any atom is -0.466 e. The highest BCUT2D eigenvalue weighted by Gasteiger charge is 2.30. The van der Waals surface area contributed by atoms with Crippen molar-refractivity contribution in [2.75, 3.05) is 25.6 Å². The zero-order valence-electron chi connectivity index (χ0n) is 12.8. The maximum atomic E-state index is 12.0. The number of hydrogen-bond donors (Lipinski definition) is 0. The third-order valence-electron chi connectivity index (χ3n) is 4.15. The average molecular weight is 275 g/mol. The van der Waals surface area contributed by atoms with Gasteiger partial charge in [0.15, 0.2) is 0 Å². The Morgan fingerprint density at radius 3 is 2.75 bits per heavy atom. The fourth-order valence-corrected chi connectivity index (χ4v) is 3.19. The summed E-state index contributed by atoms with van der Waals surface area (Å²) < 4.78 is 5.19. The van der Waals surface area contributed by atoms with Gasteiger partial charge in [0.2, 0.25) is 0 Å². The second-order valence-electron chi connectivity index (χ2n) is 5.77. The van der Waals surface area contributed by atoms with E-state index in [0.717, 1.165) is 19.3 Å². The van der Waals surface area contributed by atoms with Crippen molar-refractivity contribution in [1.29, 1.82) is 0 Å². The number of ether oxygens (including phenoxy) is 1. The van der Waals surface area contributed by atoms with Crippen molar-refractivity contribution in [2.24, 2.45) is 5.92 Å². The molecule has 2 atom stereocenters. The molecule has 110 valence electrons. The molecule has 3 nitrogen and oxygen atoms in total. The molecule has 0 N–H and O–H groups in total. The molecule has 1 aliphatic rings. The predicted molar refractivity (Wildman–Crippen MR) is 82.1 cm³/mol. The first kappa shape index (κ1) is 14.9. The summed E-state index contributed by atoms with van der Waals surface area (Å²) >= 11 is 0. The summed E-state index contributed by atoms with van der Waals surface area (Å²) in [7, 11) is 4.15. The molecule has 3 heteroatoms. The highest BCUT2D eigenvalue weighted by molar-refractivity contribution is 5.72. The largest absolute Gasteiger partial charge is 0.466 e. The van der Waals surface area contributed by atoms with Gasteiger partial charge in [-0.25, -0.2) is 0 Å². The number of hydrogen-bond acceptors (Lipinski definition) is 3. The van der Waals surface area contributed by atoms with Crippen LogP contribution in [0, 0.1) is 5.92 Å². The van der Waals surface area contributed by atoms with E-state index in [2.05, 4.69) is 43.3 Å². The van der Waals surface area contributed by atoms with E-state index in [1.807, 2.05) is 6.92 Å². The van der Waals surface area contributed by atoms with Crippen LogP contribution in [0.1, 0.15) is 44.1 Å². The topological polar surface area (TPSA) is 29.5 Å². The van der Waals surface area contributed by atoms with Crippen molar-refractivity contribution in [3.63, 3.8) is 0 Å². The molecule has 20 heavy (non-hydrogen) atoms. The molecule has 0 amide bonds. The Morgan fingerprint density at radius 1 is 1.30 bits per heavy atom. The first-order chi connectivity index (χ1) is 9.63. The molecule has 0 aliphatic heterocycles. The van der Waals surface area contributed by atoms with Crippen molar-refractivity contribution in [1.82, 2.24) is 0 Å². The second kappa shape index (κ2) is 6.78. The van der Waals surface area contributed by atoms with Crippen molar-refractivity contribution in [3.8, 4) is 0 Å². The molecule has 2 rings (SSSR count). The van der Waals surface area contributed by atoms with Gasteiger partial charge in [-0.3, -0.25) is 4.79 Å². The van der Waals surface area contributed by atoms with E-state index in [4.69, 9.17) is 4.74 Å². The van der Waals surface area contributed by atoms with Gasteiger partial charge < -0.3 is 9.64 Å². The Bertz CT molecular complexity index is 456. The van der Waals surface area contributed by atoms with Crippen LogP contribution in [-0.4, -0.2) is 26.7 Å². The number of para-hydroxylation sites is 1. The lowest BCUT2D eigenvalue weighted by Crippen LogP contribution is -2.25. The van der Waals surface area contributed by atoms with Gasteiger partial charge in [0.05, 0.1) is 12.5 Å². The zero-order valence-corrected chi connectivity index (χ0v) is 12.8. The van der Waals surface area contributed by atoms with Gasteiger partial charge in [0, 0.05) is 19.8 Å². The molecule has 1 fully saturated rings. The number of anilines is 1. The minimum atomic E-state index is -0.0143. The Balaban J connectivity index is 2.15. The molecule has 1 saturated carbocycles. The molecule has 0 radical (unpaired) electrons. The highest BCUT2D eigenvalue weighted by Crippen LogP contribution is 2.40. The van der Waals surface area contributed by atoms with Crippen LogP contribution in [0.15, 0.2) is 24.3 Å². The Labute approximate surface area is 121 Å². The monoisotopic (exact) mass is 275 g/mol. The molecule has 0 spiro atoms. The number of carbonyl (C=O) groups excluding carboxylic acids is 1. The van der Waals surface area contributed by atoms with E-state index >= 15 is 0 Å². The van der Waals surface area contributed by atoms with Crippen LogP contribution in [0.5, 0.6) is 0 Å². The number of nitrogens with zero attached hydrogens (tertiary/aromatic N) is 1. The summed E-state index contributed by atoms with van der Waals surface area (Å²) in [6.45, 7) is 2.35. The van der Waals surface area contributed by atoms with Gasteiger partial charge >= 0.3 is 5.97 Å². The minimum absolute atomic E-state index is 0.0143. The Morgan fingerprint density at radius 2 is 2.05 bits per heavy atom. The van der Waals surface area contributed by atoms with Crippen molar-refractivity contribution < 1.29 is 9.53 Å². The first-order valence-corrected chi connectivity index (χ1v) is 7.56. The van der Waals surface area contributed by atoms with E-state index < -0.39 is 0 Å². The molecule has 0 unspecified atom stereocenters. The van der Waals surface area contributed by atoms with E-state index in [1.165, 1.54) is 17.7 Å². The van der Waals surface area contributed by atoms with Crippen molar-refractivity contribution in [2.45, 2.75) is 38.5 Å². The summed E-state index contributed by atoms with van der Waals surface area (Å²) in [6.07, 6.45) is 4.17. The van der Waals surface area contributed by atoms with Crippen LogP contribution in [0.25, 0.3) is 0 Å². The van der Waals surface area contributed by atoms with Gasteiger partial charge in [0.25, 0.3) is 0 Å². The normalized spacial score (nSPS) is 22.4. The first-order valence-electron chi connectivity index (χ1n) is 7.56. The Hall–Kier alpha value is -1.51. The third-order valence-corrected chi connectivity index (χ3v) is 4.15. The second-order valence-corrected chi connectivity index (χ2v) is 5.77. The van der Waals surface area contributed by atoms with Crippen LogP contribution in [0.4, 0.5) is 5.69 Å². The fraction of sp³-hybridized carbons (Fsp3) is 0.588. The highest BCUT2D eigenvalue weighted by atomic mass is 16.5. The molecule has 0 heterocycles. The molecule has 0 aromatic heterocycles. The van der Waals surface area contributed by atoms with Gasteiger partial charge in [0.1, 0.15) is 0 Å². The van der Waals surface area contributed by atoms with Crippen LogP contribution >= 0.6 is 0 Å². The summed E-state index contributed by atoms with van der Waals surface area (Å²) in [5.74, 6) is 0.528. The third kappa shape index (κ3) is 3.33. The number of rotatable bonds is 4. The van der Waals surface area contributed by atoms with Gasteiger partial charge in [-0.2, -0.15) is 0 Å². The molecular formula is C17H25NO2. The standard InChI is InChI=1S/C17H25NO2/c1-4-20-17(19)14-9-7-8-13(12-14)15-10-5-6-11-16(15)18(2)3/h5-6,10-11,13-14H,4,7-9,12H2,1-3H3/t13-,14-/m1/s1. The maximum Gasteiger partial charge on any atom is 0.308 e. The van der Waals surface area contributed by atoms with Crippen molar-refractivity contribution in [3.05, 3.63) is 29.8 Å². The molecule has 1 aromatic carbocycles. The van der Waals surface area contributed by atoms with E-state index in [1.54, 1.807) is 0 Å². The van der Waals surface area contributed by atoms with Crippen molar-refractivity contribution >= 4 is 11.7 Å². The molecule has 0 bridgehead atoms. The smallest absolute Gasteiger partial charge is 0.308 e. The summed E-state index contributed by atoms with van der Waals surface area (Å²) in [5.41, 5.74) is 2.63. The quantitative estimate of drug-likeness (QED) is 0.786. The van der Waals surface area contributed by atoms with Gasteiger partial charge in [-0.05, 0) is 43.7 Å².